The van der Waals surface area contributed by atoms with Gasteiger partial charge in [0.2, 0.25) is 0 Å². The molecular formula is C10H8BrNO2S3. The molecule has 0 aliphatic heterocycles. The second-order valence-corrected chi connectivity index (χ2v) is 7.19. The summed E-state index contributed by atoms with van der Waals surface area (Å²) in [6.07, 6.45) is 0.00160. The highest BCUT2D eigenvalue weighted by Crippen LogP contribution is 2.30. The van der Waals surface area contributed by atoms with E-state index in [2.05, 4.69) is 27.0 Å². The first-order valence-electron chi connectivity index (χ1n) is 4.65. The van der Waals surface area contributed by atoms with Gasteiger partial charge in [0.1, 0.15) is 4.34 Å². The van der Waals surface area contributed by atoms with Crippen molar-refractivity contribution in [2.75, 3.05) is 0 Å². The Morgan fingerprint density at radius 2 is 2.29 bits per heavy atom. The fourth-order valence-electron chi connectivity index (χ4n) is 1.15. The van der Waals surface area contributed by atoms with Gasteiger partial charge in [0, 0.05) is 25.9 Å². The van der Waals surface area contributed by atoms with Crippen LogP contribution in [0.5, 0.6) is 0 Å². The van der Waals surface area contributed by atoms with Crippen molar-refractivity contribution in [3.8, 4) is 0 Å². The number of carbonyl (C=O) groups is 1. The van der Waals surface area contributed by atoms with E-state index in [-0.39, 0.29) is 6.42 Å². The standard InChI is InChI=1S/C10H8BrNO2S3/c11-6-1-8(15-3-6)5-17-10-12-7(4-16-10)2-9(13)14/h1,3-4H,2,5H2,(H,13,14). The van der Waals surface area contributed by atoms with Crippen LogP contribution in [-0.4, -0.2) is 16.1 Å². The number of halogens is 1. The van der Waals surface area contributed by atoms with E-state index < -0.39 is 5.97 Å². The fourth-order valence-corrected chi connectivity index (χ4v) is 4.50. The van der Waals surface area contributed by atoms with Crippen molar-refractivity contribution in [3.63, 3.8) is 0 Å². The molecule has 0 saturated carbocycles. The molecular weight excluding hydrogens is 342 g/mol. The fraction of sp³-hybridized carbons (Fsp3) is 0.200. The molecule has 1 N–H and O–H groups in total. The molecule has 0 unspecified atom stereocenters. The van der Waals surface area contributed by atoms with E-state index in [1.165, 1.54) is 16.2 Å². The van der Waals surface area contributed by atoms with Crippen molar-refractivity contribution >= 4 is 56.3 Å². The zero-order valence-corrected chi connectivity index (χ0v) is 12.6. The van der Waals surface area contributed by atoms with Gasteiger partial charge in [0.05, 0.1) is 12.1 Å². The van der Waals surface area contributed by atoms with Crippen molar-refractivity contribution < 1.29 is 9.90 Å². The Bertz CT molecular complexity index is 523. The Balaban J connectivity index is 1.91. The molecule has 0 aliphatic carbocycles. The van der Waals surface area contributed by atoms with E-state index in [0.717, 1.165) is 14.6 Å². The molecule has 3 nitrogen and oxygen atoms in total. The lowest BCUT2D eigenvalue weighted by molar-refractivity contribution is -0.136. The van der Waals surface area contributed by atoms with Crippen LogP contribution in [0.15, 0.2) is 25.6 Å². The first-order valence-corrected chi connectivity index (χ1v) is 8.19. The third kappa shape index (κ3) is 4.09. The first kappa shape index (κ1) is 13.1. The van der Waals surface area contributed by atoms with Gasteiger partial charge < -0.3 is 5.11 Å². The molecule has 2 heterocycles. The lowest BCUT2D eigenvalue weighted by Gasteiger charge is -1.93. The second kappa shape index (κ2) is 5.99. The molecule has 0 atom stereocenters. The minimum absolute atomic E-state index is 0.00160. The smallest absolute Gasteiger partial charge is 0.309 e. The lowest BCUT2D eigenvalue weighted by Crippen LogP contribution is -1.99. The van der Waals surface area contributed by atoms with Gasteiger partial charge in [0.15, 0.2) is 0 Å². The van der Waals surface area contributed by atoms with Crippen molar-refractivity contribution in [1.82, 2.24) is 4.98 Å². The monoisotopic (exact) mass is 349 g/mol. The normalized spacial score (nSPS) is 10.6. The number of aromatic nitrogens is 1. The van der Waals surface area contributed by atoms with Crippen LogP contribution in [0.1, 0.15) is 10.6 Å². The molecule has 0 bridgehead atoms. The Labute approximate surface area is 119 Å². The van der Waals surface area contributed by atoms with Gasteiger partial charge in [-0.1, -0.05) is 11.8 Å². The third-order valence-corrected chi connectivity index (χ3v) is 5.82. The Kier molecular flexibility index (Phi) is 4.61. The van der Waals surface area contributed by atoms with Crippen molar-refractivity contribution in [3.05, 3.63) is 31.9 Å². The second-order valence-electron chi connectivity index (χ2n) is 3.20. The third-order valence-electron chi connectivity index (χ3n) is 1.82. The van der Waals surface area contributed by atoms with E-state index in [1.807, 2.05) is 5.38 Å². The number of carboxylic acids is 1. The van der Waals surface area contributed by atoms with Crippen LogP contribution >= 0.6 is 50.4 Å². The van der Waals surface area contributed by atoms with E-state index in [1.54, 1.807) is 28.5 Å². The Hall–Kier alpha value is -0.370. The molecule has 0 amide bonds. The van der Waals surface area contributed by atoms with Gasteiger partial charge in [-0.3, -0.25) is 4.79 Å². The minimum atomic E-state index is -0.839. The zero-order valence-electron chi connectivity index (χ0n) is 8.55. The van der Waals surface area contributed by atoms with Gasteiger partial charge in [-0.05, 0) is 22.0 Å². The van der Waals surface area contributed by atoms with Crippen LogP contribution in [0, 0.1) is 0 Å². The summed E-state index contributed by atoms with van der Waals surface area (Å²) in [7, 11) is 0. The van der Waals surface area contributed by atoms with E-state index >= 15 is 0 Å². The lowest BCUT2D eigenvalue weighted by atomic mass is 10.3. The maximum Gasteiger partial charge on any atom is 0.309 e. The Morgan fingerprint density at radius 1 is 1.47 bits per heavy atom. The molecule has 90 valence electrons. The summed E-state index contributed by atoms with van der Waals surface area (Å²) in [5.74, 6) is 0.0325. The molecule has 2 aromatic rings. The largest absolute Gasteiger partial charge is 0.481 e. The number of thiophene rings is 1. The van der Waals surface area contributed by atoms with E-state index in [9.17, 15) is 4.79 Å². The number of hydrogen-bond acceptors (Lipinski definition) is 5. The first-order chi connectivity index (χ1) is 8.13. The van der Waals surface area contributed by atoms with E-state index in [0.29, 0.717) is 5.69 Å². The molecule has 7 heteroatoms. The number of thioether (sulfide) groups is 1. The predicted molar refractivity (Wildman–Crippen MR) is 75.0 cm³/mol. The van der Waals surface area contributed by atoms with Crippen LogP contribution in [0.4, 0.5) is 0 Å². The quantitative estimate of drug-likeness (QED) is 0.832. The summed E-state index contributed by atoms with van der Waals surface area (Å²) < 4.78 is 2.02. The molecule has 0 aliphatic rings. The maximum absolute atomic E-state index is 10.5. The van der Waals surface area contributed by atoms with Gasteiger partial charge in [0.25, 0.3) is 0 Å². The number of thiazole rings is 1. The van der Waals surface area contributed by atoms with Gasteiger partial charge in [-0.2, -0.15) is 0 Å². The van der Waals surface area contributed by atoms with Crippen LogP contribution < -0.4 is 0 Å². The van der Waals surface area contributed by atoms with Crippen LogP contribution in [0.3, 0.4) is 0 Å². The number of hydrogen-bond donors (Lipinski definition) is 1. The number of aliphatic carboxylic acids is 1. The summed E-state index contributed by atoms with van der Waals surface area (Å²) >= 11 is 8.25. The highest BCUT2D eigenvalue weighted by atomic mass is 79.9. The Morgan fingerprint density at radius 3 is 2.94 bits per heavy atom. The summed E-state index contributed by atoms with van der Waals surface area (Å²) in [5, 5.41) is 12.5. The van der Waals surface area contributed by atoms with Crippen LogP contribution in [0.2, 0.25) is 0 Å². The molecule has 0 aromatic carbocycles. The maximum atomic E-state index is 10.5. The van der Waals surface area contributed by atoms with Gasteiger partial charge in [-0.25, -0.2) is 4.98 Å². The van der Waals surface area contributed by atoms with Crippen molar-refractivity contribution in [1.29, 1.82) is 0 Å². The van der Waals surface area contributed by atoms with Crippen LogP contribution in [-0.2, 0) is 17.0 Å². The highest BCUT2D eigenvalue weighted by Gasteiger charge is 2.07. The van der Waals surface area contributed by atoms with E-state index in [4.69, 9.17) is 5.11 Å². The zero-order chi connectivity index (χ0) is 12.3. The average molecular weight is 350 g/mol. The number of nitrogens with zero attached hydrogens (tertiary/aromatic N) is 1. The molecule has 0 radical (unpaired) electrons. The molecule has 0 saturated heterocycles. The summed E-state index contributed by atoms with van der Waals surface area (Å²) in [5.41, 5.74) is 0.636. The summed E-state index contributed by atoms with van der Waals surface area (Å²) in [6, 6.07) is 2.09. The van der Waals surface area contributed by atoms with Gasteiger partial charge >= 0.3 is 5.97 Å². The van der Waals surface area contributed by atoms with Crippen LogP contribution in [0.25, 0.3) is 0 Å². The molecule has 0 spiro atoms. The van der Waals surface area contributed by atoms with Crippen molar-refractivity contribution in [2.45, 2.75) is 16.5 Å². The highest BCUT2D eigenvalue weighted by molar-refractivity contribution is 9.10. The molecule has 17 heavy (non-hydrogen) atoms. The topological polar surface area (TPSA) is 50.2 Å². The molecule has 2 aromatic heterocycles. The summed E-state index contributed by atoms with van der Waals surface area (Å²) in [4.78, 5) is 16.1. The van der Waals surface area contributed by atoms with Gasteiger partial charge in [-0.15, -0.1) is 22.7 Å². The SMILES string of the molecule is O=C(O)Cc1csc(SCc2cc(Br)cs2)n1. The minimum Gasteiger partial charge on any atom is -0.481 e. The number of carboxylic acid groups (broad SMARTS) is 1. The average Bonchev–Trinajstić information content (AvgIpc) is 2.84. The summed E-state index contributed by atoms with van der Waals surface area (Å²) in [6.45, 7) is 0. The number of rotatable bonds is 5. The molecule has 0 fully saturated rings. The molecule has 2 rings (SSSR count). The predicted octanol–water partition coefficient (Wildman–Crippen LogP) is 3.89. The van der Waals surface area contributed by atoms with Crippen molar-refractivity contribution in [2.24, 2.45) is 0 Å².